The Hall–Kier alpha value is -2.89. The molecule has 0 unspecified atom stereocenters. The standard InChI is InChI=1S/C23H20Cl2N4O/c1-14(2)8-22(30)28-19-5-3-4-15(11-19)21-6-7-26-23-20(13-27-29(21)23)16-9-17(24)12-18(25)10-16/h3-7,9-14H,8H2,1-2H3,(H,28,30). The minimum Gasteiger partial charge on any atom is -0.326 e. The molecule has 0 saturated carbocycles. The Bertz CT molecular complexity index is 1210. The SMILES string of the molecule is CC(C)CC(=O)Nc1cccc(-c2ccnc3c(-c4cc(Cl)cc(Cl)c4)cnn23)c1. The van der Waals surface area contributed by atoms with E-state index in [1.165, 1.54) is 0 Å². The van der Waals surface area contributed by atoms with Crippen LogP contribution < -0.4 is 5.32 Å². The summed E-state index contributed by atoms with van der Waals surface area (Å²) in [7, 11) is 0. The Kier molecular flexibility index (Phi) is 5.75. The van der Waals surface area contributed by atoms with Crippen LogP contribution in [-0.2, 0) is 4.79 Å². The van der Waals surface area contributed by atoms with E-state index in [-0.39, 0.29) is 5.91 Å². The molecule has 4 aromatic rings. The van der Waals surface area contributed by atoms with Gasteiger partial charge in [0.05, 0.1) is 11.9 Å². The number of nitrogens with zero attached hydrogens (tertiary/aromatic N) is 3. The van der Waals surface area contributed by atoms with Crippen molar-refractivity contribution in [2.45, 2.75) is 20.3 Å². The summed E-state index contributed by atoms with van der Waals surface area (Å²) in [5.41, 5.74) is 4.91. The van der Waals surface area contributed by atoms with E-state index >= 15 is 0 Å². The van der Waals surface area contributed by atoms with Gasteiger partial charge in [-0.1, -0.05) is 49.2 Å². The lowest BCUT2D eigenvalue weighted by Gasteiger charge is -2.10. The van der Waals surface area contributed by atoms with Crippen LogP contribution in [0.4, 0.5) is 5.69 Å². The number of rotatable bonds is 5. The van der Waals surface area contributed by atoms with E-state index < -0.39 is 0 Å². The highest BCUT2D eigenvalue weighted by molar-refractivity contribution is 6.35. The van der Waals surface area contributed by atoms with Crippen LogP contribution >= 0.6 is 23.2 Å². The lowest BCUT2D eigenvalue weighted by molar-refractivity contribution is -0.116. The van der Waals surface area contributed by atoms with E-state index in [1.54, 1.807) is 23.0 Å². The van der Waals surface area contributed by atoms with Crippen LogP contribution in [0, 0.1) is 5.92 Å². The van der Waals surface area contributed by atoms with Gasteiger partial charge in [0, 0.05) is 39.5 Å². The monoisotopic (exact) mass is 438 g/mol. The Labute approximate surface area is 184 Å². The zero-order valence-electron chi connectivity index (χ0n) is 16.6. The molecule has 0 spiro atoms. The van der Waals surface area contributed by atoms with Crippen LogP contribution in [-0.4, -0.2) is 20.5 Å². The van der Waals surface area contributed by atoms with Crippen molar-refractivity contribution in [3.63, 3.8) is 0 Å². The van der Waals surface area contributed by atoms with Gasteiger partial charge in [-0.2, -0.15) is 5.10 Å². The summed E-state index contributed by atoms with van der Waals surface area (Å²) in [6, 6.07) is 15.0. The summed E-state index contributed by atoms with van der Waals surface area (Å²) in [4.78, 5) is 16.6. The van der Waals surface area contributed by atoms with Gasteiger partial charge in [-0.05, 0) is 47.9 Å². The first-order valence-corrected chi connectivity index (χ1v) is 10.4. The first-order valence-electron chi connectivity index (χ1n) is 9.60. The summed E-state index contributed by atoms with van der Waals surface area (Å²) in [6.07, 6.45) is 3.97. The predicted molar refractivity (Wildman–Crippen MR) is 122 cm³/mol. The molecule has 1 amide bonds. The topological polar surface area (TPSA) is 59.3 Å². The summed E-state index contributed by atoms with van der Waals surface area (Å²) in [5.74, 6) is 0.303. The number of nitrogens with one attached hydrogen (secondary N) is 1. The van der Waals surface area contributed by atoms with Crippen molar-refractivity contribution < 1.29 is 4.79 Å². The van der Waals surface area contributed by atoms with Crippen LogP contribution in [0.25, 0.3) is 28.0 Å². The van der Waals surface area contributed by atoms with E-state index in [9.17, 15) is 4.79 Å². The Morgan fingerprint density at radius 1 is 1.07 bits per heavy atom. The molecule has 0 saturated heterocycles. The van der Waals surface area contributed by atoms with Gasteiger partial charge in [0.25, 0.3) is 0 Å². The lowest BCUT2D eigenvalue weighted by atomic mass is 10.1. The second-order valence-corrected chi connectivity index (χ2v) is 8.38. The van der Waals surface area contributed by atoms with Gasteiger partial charge < -0.3 is 5.32 Å². The number of aromatic nitrogens is 3. The highest BCUT2D eigenvalue weighted by Gasteiger charge is 2.14. The molecule has 5 nitrogen and oxygen atoms in total. The Morgan fingerprint density at radius 3 is 2.57 bits per heavy atom. The summed E-state index contributed by atoms with van der Waals surface area (Å²) >= 11 is 12.3. The van der Waals surface area contributed by atoms with Crippen LogP contribution in [0.3, 0.4) is 0 Å². The van der Waals surface area contributed by atoms with E-state index in [0.717, 1.165) is 28.1 Å². The fraction of sp³-hybridized carbons (Fsp3) is 0.174. The van der Waals surface area contributed by atoms with Gasteiger partial charge in [-0.25, -0.2) is 9.50 Å². The number of fused-ring (bicyclic) bond motifs is 1. The molecular formula is C23H20Cl2N4O. The first kappa shape index (κ1) is 20.4. The zero-order chi connectivity index (χ0) is 21.3. The maximum Gasteiger partial charge on any atom is 0.224 e. The molecule has 2 aromatic heterocycles. The van der Waals surface area contributed by atoms with Crippen molar-refractivity contribution in [3.05, 3.63) is 71.0 Å². The molecule has 7 heteroatoms. The Morgan fingerprint density at radius 2 is 1.83 bits per heavy atom. The first-order chi connectivity index (χ1) is 14.4. The minimum atomic E-state index is 0.00114. The van der Waals surface area contributed by atoms with Crippen LogP contribution in [0.2, 0.25) is 10.0 Å². The van der Waals surface area contributed by atoms with Crippen molar-refractivity contribution in [1.82, 2.24) is 14.6 Å². The number of halogens is 2. The molecule has 0 aliphatic carbocycles. The normalized spacial score (nSPS) is 11.2. The number of hydrogen-bond acceptors (Lipinski definition) is 3. The summed E-state index contributed by atoms with van der Waals surface area (Å²) in [5, 5.41) is 8.61. The maximum atomic E-state index is 12.1. The number of benzene rings is 2. The Balaban J connectivity index is 1.73. The molecule has 4 rings (SSSR count). The van der Waals surface area contributed by atoms with Crippen molar-refractivity contribution in [1.29, 1.82) is 0 Å². The molecule has 2 aromatic carbocycles. The summed E-state index contributed by atoms with van der Waals surface area (Å²) < 4.78 is 1.78. The molecule has 0 fully saturated rings. The van der Waals surface area contributed by atoms with Crippen molar-refractivity contribution in [2.24, 2.45) is 5.92 Å². The number of amides is 1. The molecule has 0 atom stereocenters. The van der Waals surface area contributed by atoms with Crippen LogP contribution in [0.15, 0.2) is 60.9 Å². The van der Waals surface area contributed by atoms with Gasteiger partial charge in [0.1, 0.15) is 0 Å². The van der Waals surface area contributed by atoms with Crippen molar-refractivity contribution in [3.8, 4) is 22.4 Å². The average Bonchev–Trinajstić information content (AvgIpc) is 3.11. The largest absolute Gasteiger partial charge is 0.326 e. The third-order valence-electron chi connectivity index (χ3n) is 4.61. The summed E-state index contributed by atoms with van der Waals surface area (Å²) in [6.45, 7) is 4.04. The molecule has 0 aliphatic heterocycles. The average molecular weight is 439 g/mol. The smallest absolute Gasteiger partial charge is 0.224 e. The zero-order valence-corrected chi connectivity index (χ0v) is 18.1. The van der Waals surface area contributed by atoms with Crippen LogP contribution in [0.5, 0.6) is 0 Å². The third-order valence-corrected chi connectivity index (χ3v) is 5.05. The second kappa shape index (κ2) is 8.46. The number of carbonyl (C=O) groups is 1. The molecular weight excluding hydrogens is 419 g/mol. The molecule has 0 bridgehead atoms. The van der Waals surface area contributed by atoms with E-state index in [0.29, 0.717) is 28.0 Å². The van der Waals surface area contributed by atoms with Gasteiger partial charge in [-0.15, -0.1) is 0 Å². The minimum absolute atomic E-state index is 0.00114. The lowest BCUT2D eigenvalue weighted by Crippen LogP contribution is -2.13. The van der Waals surface area contributed by atoms with Gasteiger partial charge >= 0.3 is 0 Å². The maximum absolute atomic E-state index is 12.1. The highest BCUT2D eigenvalue weighted by atomic mass is 35.5. The highest BCUT2D eigenvalue weighted by Crippen LogP contribution is 2.31. The van der Waals surface area contributed by atoms with Crippen molar-refractivity contribution >= 4 is 40.4 Å². The predicted octanol–water partition coefficient (Wildman–Crippen LogP) is 6.35. The van der Waals surface area contributed by atoms with Crippen LogP contribution in [0.1, 0.15) is 20.3 Å². The van der Waals surface area contributed by atoms with E-state index in [1.807, 2.05) is 56.3 Å². The van der Waals surface area contributed by atoms with Gasteiger partial charge in [0.2, 0.25) is 5.91 Å². The second-order valence-electron chi connectivity index (χ2n) is 7.51. The molecule has 0 radical (unpaired) electrons. The van der Waals surface area contributed by atoms with Gasteiger partial charge in [-0.3, -0.25) is 4.79 Å². The third kappa shape index (κ3) is 4.32. The molecule has 2 heterocycles. The molecule has 152 valence electrons. The van der Waals surface area contributed by atoms with Gasteiger partial charge in [0.15, 0.2) is 5.65 Å². The van der Waals surface area contributed by atoms with E-state index in [2.05, 4.69) is 15.4 Å². The number of hydrogen-bond donors (Lipinski definition) is 1. The number of carbonyl (C=O) groups excluding carboxylic acids is 1. The van der Waals surface area contributed by atoms with Crippen molar-refractivity contribution in [2.75, 3.05) is 5.32 Å². The fourth-order valence-corrected chi connectivity index (χ4v) is 3.89. The number of anilines is 1. The quantitative estimate of drug-likeness (QED) is 0.394. The van der Waals surface area contributed by atoms with E-state index in [4.69, 9.17) is 23.2 Å². The molecule has 1 N–H and O–H groups in total. The molecule has 0 aliphatic rings. The fourth-order valence-electron chi connectivity index (χ4n) is 3.36. The molecule has 30 heavy (non-hydrogen) atoms.